The van der Waals surface area contributed by atoms with Crippen molar-refractivity contribution in [1.82, 2.24) is 0 Å². The predicted molar refractivity (Wildman–Crippen MR) is 46.4 cm³/mol. The Bertz CT molecular complexity index is 374. The molecule has 2 nitrogen and oxygen atoms in total. The average Bonchev–Trinajstić information content (AvgIpc) is 2.08. The number of hydrogen-bond acceptors (Lipinski definition) is 2. The highest BCUT2D eigenvalue weighted by molar-refractivity contribution is 6.43. The number of ketones is 2. The van der Waals surface area contributed by atoms with Gasteiger partial charge in [0.15, 0.2) is 5.78 Å². The topological polar surface area (TPSA) is 34.1 Å². The van der Waals surface area contributed by atoms with Crippen LogP contribution in [0.25, 0.3) is 0 Å². The molecule has 0 aromatic heterocycles. The summed E-state index contributed by atoms with van der Waals surface area (Å²) in [5.41, 5.74) is 0.110. The van der Waals surface area contributed by atoms with Gasteiger partial charge in [0.2, 0.25) is 5.78 Å². The quantitative estimate of drug-likeness (QED) is 0.542. The molecule has 4 heteroatoms. The normalized spacial score (nSPS) is 9.77. The summed E-state index contributed by atoms with van der Waals surface area (Å²) in [5, 5.41) is -0.160. The highest BCUT2D eigenvalue weighted by Crippen LogP contribution is 2.16. The van der Waals surface area contributed by atoms with Crippen LogP contribution in [-0.2, 0) is 4.79 Å². The molecule has 13 heavy (non-hydrogen) atoms. The van der Waals surface area contributed by atoms with Crippen LogP contribution in [0.1, 0.15) is 17.3 Å². The summed E-state index contributed by atoms with van der Waals surface area (Å²) in [6.45, 7) is 1.15. The summed E-state index contributed by atoms with van der Waals surface area (Å²) < 4.78 is 12.6. The van der Waals surface area contributed by atoms with Gasteiger partial charge in [0.25, 0.3) is 0 Å². The van der Waals surface area contributed by atoms with E-state index in [4.69, 9.17) is 11.6 Å². The molecule has 0 saturated heterocycles. The van der Waals surface area contributed by atoms with Crippen molar-refractivity contribution in [3.63, 3.8) is 0 Å². The predicted octanol–water partition coefficient (Wildman–Crippen LogP) is 2.25. The van der Waals surface area contributed by atoms with Crippen LogP contribution >= 0.6 is 11.6 Å². The van der Waals surface area contributed by atoms with Gasteiger partial charge in [0.1, 0.15) is 5.82 Å². The number of Topliss-reactive ketones (excluding diaryl/α,β-unsaturated/α-hetero) is 2. The van der Waals surface area contributed by atoms with Crippen molar-refractivity contribution in [2.45, 2.75) is 6.92 Å². The Morgan fingerprint density at radius 3 is 2.46 bits per heavy atom. The van der Waals surface area contributed by atoms with Gasteiger partial charge in [0, 0.05) is 12.5 Å². The van der Waals surface area contributed by atoms with E-state index < -0.39 is 17.4 Å². The third kappa shape index (κ3) is 2.12. The van der Waals surface area contributed by atoms with Crippen LogP contribution in [0.15, 0.2) is 18.2 Å². The zero-order valence-electron chi connectivity index (χ0n) is 6.80. The Labute approximate surface area is 79.3 Å². The number of rotatable bonds is 2. The smallest absolute Gasteiger partial charge is 0.228 e. The maximum absolute atomic E-state index is 12.6. The molecule has 0 radical (unpaired) electrons. The molecule has 0 fully saturated rings. The Morgan fingerprint density at radius 1 is 1.38 bits per heavy atom. The fraction of sp³-hybridized carbons (Fsp3) is 0.111. The van der Waals surface area contributed by atoms with E-state index in [1.54, 1.807) is 0 Å². The molecule has 0 amide bonds. The maximum atomic E-state index is 12.6. The molecule has 0 atom stereocenters. The molecule has 1 aromatic carbocycles. The molecule has 0 N–H and O–H groups in total. The molecule has 0 saturated carbocycles. The molecular weight excluding hydrogens is 195 g/mol. The van der Waals surface area contributed by atoms with Crippen molar-refractivity contribution in [2.24, 2.45) is 0 Å². The van der Waals surface area contributed by atoms with Crippen LogP contribution < -0.4 is 0 Å². The zero-order chi connectivity index (χ0) is 10.0. The van der Waals surface area contributed by atoms with Crippen LogP contribution in [0.4, 0.5) is 4.39 Å². The molecule has 1 rings (SSSR count). The van der Waals surface area contributed by atoms with Crippen LogP contribution in [0.2, 0.25) is 5.02 Å². The van der Waals surface area contributed by atoms with E-state index in [9.17, 15) is 14.0 Å². The van der Waals surface area contributed by atoms with Crippen LogP contribution in [0.5, 0.6) is 0 Å². The highest BCUT2D eigenvalue weighted by atomic mass is 35.5. The van der Waals surface area contributed by atoms with E-state index in [-0.39, 0.29) is 10.6 Å². The Balaban J connectivity index is 3.11. The molecule has 0 spiro atoms. The van der Waals surface area contributed by atoms with Gasteiger partial charge in [-0.3, -0.25) is 9.59 Å². The van der Waals surface area contributed by atoms with Gasteiger partial charge in [-0.1, -0.05) is 11.6 Å². The van der Waals surface area contributed by atoms with Gasteiger partial charge in [-0.15, -0.1) is 0 Å². The number of halogens is 2. The third-order valence-corrected chi connectivity index (χ3v) is 1.79. The molecular formula is C9H6ClFO2. The van der Waals surface area contributed by atoms with Crippen LogP contribution in [-0.4, -0.2) is 11.6 Å². The second-order valence-electron chi connectivity index (χ2n) is 2.51. The second kappa shape index (κ2) is 3.66. The standard InChI is InChI=1S/C9H6ClFO2/c1-5(12)9(13)6-2-3-8(11)7(10)4-6/h2-4H,1H3. The zero-order valence-corrected chi connectivity index (χ0v) is 7.56. The highest BCUT2D eigenvalue weighted by Gasteiger charge is 2.12. The van der Waals surface area contributed by atoms with Gasteiger partial charge in [0.05, 0.1) is 5.02 Å². The largest absolute Gasteiger partial charge is 0.291 e. The Morgan fingerprint density at radius 2 is 2.00 bits per heavy atom. The van der Waals surface area contributed by atoms with Crippen molar-refractivity contribution in [1.29, 1.82) is 0 Å². The van der Waals surface area contributed by atoms with Crippen molar-refractivity contribution >= 4 is 23.2 Å². The second-order valence-corrected chi connectivity index (χ2v) is 2.92. The van der Waals surface area contributed by atoms with Gasteiger partial charge in [-0.2, -0.15) is 0 Å². The molecule has 0 aliphatic heterocycles. The van der Waals surface area contributed by atoms with E-state index >= 15 is 0 Å². The third-order valence-electron chi connectivity index (χ3n) is 1.50. The van der Waals surface area contributed by atoms with Crippen LogP contribution in [0, 0.1) is 5.82 Å². The van der Waals surface area contributed by atoms with Crippen molar-refractivity contribution in [3.05, 3.63) is 34.6 Å². The van der Waals surface area contributed by atoms with E-state index in [1.807, 2.05) is 0 Å². The Kier molecular flexibility index (Phi) is 2.78. The molecule has 0 bridgehead atoms. The van der Waals surface area contributed by atoms with Gasteiger partial charge >= 0.3 is 0 Å². The van der Waals surface area contributed by atoms with E-state index in [0.717, 1.165) is 19.1 Å². The Hall–Kier alpha value is -1.22. The summed E-state index contributed by atoms with van der Waals surface area (Å²) in [7, 11) is 0. The first-order chi connectivity index (χ1) is 6.02. The first kappa shape index (κ1) is 9.86. The average molecular weight is 201 g/mol. The molecule has 0 aliphatic rings. The number of carbonyl (C=O) groups is 2. The SMILES string of the molecule is CC(=O)C(=O)c1ccc(F)c(Cl)c1. The van der Waals surface area contributed by atoms with Gasteiger partial charge in [-0.25, -0.2) is 4.39 Å². The summed E-state index contributed by atoms with van der Waals surface area (Å²) in [5.74, 6) is -1.87. The fourth-order valence-corrected chi connectivity index (χ4v) is 1.02. The molecule has 0 aliphatic carbocycles. The van der Waals surface area contributed by atoms with Crippen molar-refractivity contribution < 1.29 is 14.0 Å². The van der Waals surface area contributed by atoms with Crippen molar-refractivity contribution in [2.75, 3.05) is 0 Å². The maximum Gasteiger partial charge on any atom is 0.228 e. The van der Waals surface area contributed by atoms with Crippen molar-refractivity contribution in [3.8, 4) is 0 Å². The number of hydrogen-bond donors (Lipinski definition) is 0. The number of benzene rings is 1. The fourth-order valence-electron chi connectivity index (χ4n) is 0.841. The van der Waals surface area contributed by atoms with Gasteiger partial charge in [-0.05, 0) is 18.2 Å². The lowest BCUT2D eigenvalue weighted by molar-refractivity contribution is -0.113. The number of carbonyl (C=O) groups excluding carboxylic acids is 2. The van der Waals surface area contributed by atoms with Crippen LogP contribution in [0.3, 0.4) is 0 Å². The first-order valence-corrected chi connectivity index (χ1v) is 3.90. The van der Waals surface area contributed by atoms with E-state index in [0.29, 0.717) is 0 Å². The minimum atomic E-state index is -0.665. The first-order valence-electron chi connectivity index (χ1n) is 3.52. The minimum absolute atomic E-state index is 0.110. The molecule has 0 unspecified atom stereocenters. The van der Waals surface area contributed by atoms with E-state index in [2.05, 4.69) is 0 Å². The minimum Gasteiger partial charge on any atom is -0.291 e. The molecule has 0 heterocycles. The monoisotopic (exact) mass is 200 g/mol. The van der Waals surface area contributed by atoms with Gasteiger partial charge < -0.3 is 0 Å². The summed E-state index contributed by atoms with van der Waals surface area (Å²) >= 11 is 5.42. The molecule has 68 valence electrons. The van der Waals surface area contributed by atoms with E-state index in [1.165, 1.54) is 6.07 Å². The lowest BCUT2D eigenvalue weighted by Gasteiger charge is -1.98. The summed E-state index contributed by atoms with van der Waals surface area (Å²) in [6.07, 6.45) is 0. The summed E-state index contributed by atoms with van der Waals surface area (Å²) in [4.78, 5) is 21.7. The molecule has 1 aromatic rings. The summed E-state index contributed by atoms with van der Waals surface area (Å²) in [6, 6.07) is 3.42. The lowest BCUT2D eigenvalue weighted by atomic mass is 10.1. The lowest BCUT2D eigenvalue weighted by Crippen LogP contribution is -2.09.